The van der Waals surface area contributed by atoms with Crippen LogP contribution in [-0.2, 0) is 0 Å². The van der Waals surface area contributed by atoms with Gasteiger partial charge in [-0.25, -0.2) is 8.78 Å². The van der Waals surface area contributed by atoms with Crippen molar-refractivity contribution in [2.75, 3.05) is 0 Å². The minimum absolute atomic E-state index is 0.0760. The lowest BCUT2D eigenvalue weighted by Gasteiger charge is -2.09. The van der Waals surface area contributed by atoms with Crippen LogP contribution in [0, 0.1) is 0 Å². The fourth-order valence-corrected chi connectivity index (χ4v) is 1.29. The third-order valence-electron chi connectivity index (χ3n) is 1.92. The minimum atomic E-state index is -2.49. The van der Waals surface area contributed by atoms with Crippen LogP contribution >= 0.6 is 11.6 Å². The smallest absolute Gasteiger partial charge is 0.205 e. The molecule has 0 aliphatic heterocycles. The van der Waals surface area contributed by atoms with Gasteiger partial charge in [0.1, 0.15) is 0 Å². The molecule has 0 saturated heterocycles. The second-order valence-electron chi connectivity index (χ2n) is 3.24. The molecule has 0 amide bonds. The molecule has 72 valence electrons. The fourth-order valence-electron chi connectivity index (χ4n) is 1.09. The predicted molar refractivity (Wildman–Crippen MR) is 50.5 cm³/mol. The molecule has 3 heteroatoms. The van der Waals surface area contributed by atoms with E-state index in [4.69, 9.17) is 11.6 Å². The van der Waals surface area contributed by atoms with E-state index in [-0.39, 0.29) is 16.5 Å². The van der Waals surface area contributed by atoms with Crippen LogP contribution in [0.5, 0.6) is 0 Å². The van der Waals surface area contributed by atoms with E-state index in [1.807, 2.05) is 13.8 Å². The molecule has 0 N–H and O–H groups in total. The third kappa shape index (κ3) is 2.41. The molecule has 0 aliphatic carbocycles. The Labute approximate surface area is 81.5 Å². The van der Waals surface area contributed by atoms with Gasteiger partial charge < -0.3 is 0 Å². The zero-order chi connectivity index (χ0) is 10.0. The summed E-state index contributed by atoms with van der Waals surface area (Å²) in [5.41, 5.74) is 0.813. The Morgan fingerprint density at radius 2 is 1.85 bits per heavy atom. The van der Waals surface area contributed by atoms with Crippen LogP contribution in [0.25, 0.3) is 0 Å². The number of benzene rings is 1. The molecule has 0 spiro atoms. The Bertz CT molecular complexity index is 295. The Morgan fingerprint density at radius 3 is 2.31 bits per heavy atom. The number of hydrogen-bond donors (Lipinski definition) is 0. The van der Waals surface area contributed by atoms with E-state index in [1.165, 1.54) is 12.1 Å². The van der Waals surface area contributed by atoms with Crippen LogP contribution < -0.4 is 0 Å². The molecule has 13 heavy (non-hydrogen) atoms. The van der Waals surface area contributed by atoms with Crippen molar-refractivity contribution in [3.63, 3.8) is 0 Å². The maximum atomic E-state index is 12.4. The molecule has 0 heterocycles. The molecule has 0 aromatic heterocycles. The average Bonchev–Trinajstić information content (AvgIpc) is 2.04. The second kappa shape index (κ2) is 4.05. The lowest BCUT2D eigenvalue weighted by molar-refractivity contribution is 0.151. The normalized spacial score (nSPS) is 11.3. The first-order valence-electron chi connectivity index (χ1n) is 4.10. The van der Waals surface area contributed by atoms with Gasteiger partial charge in [0.15, 0.2) is 0 Å². The van der Waals surface area contributed by atoms with E-state index in [9.17, 15) is 8.78 Å². The SMILES string of the molecule is CC(C)c1ccc(Cl)c(C(F)F)c1. The summed E-state index contributed by atoms with van der Waals surface area (Å²) < 4.78 is 24.8. The summed E-state index contributed by atoms with van der Waals surface area (Å²) in [6.07, 6.45) is -2.49. The maximum Gasteiger partial charge on any atom is 0.265 e. The summed E-state index contributed by atoms with van der Waals surface area (Å²) in [5.74, 6) is 0.245. The first-order valence-corrected chi connectivity index (χ1v) is 4.47. The van der Waals surface area contributed by atoms with Crippen molar-refractivity contribution in [1.29, 1.82) is 0 Å². The van der Waals surface area contributed by atoms with Crippen molar-refractivity contribution in [3.8, 4) is 0 Å². The summed E-state index contributed by atoms with van der Waals surface area (Å²) >= 11 is 5.62. The number of halogens is 3. The van der Waals surface area contributed by atoms with Crippen LogP contribution in [0.1, 0.15) is 37.3 Å². The van der Waals surface area contributed by atoms with Crippen LogP contribution in [0.4, 0.5) is 8.78 Å². The van der Waals surface area contributed by atoms with Crippen LogP contribution in [0.15, 0.2) is 18.2 Å². The van der Waals surface area contributed by atoms with Gasteiger partial charge in [-0.2, -0.15) is 0 Å². The second-order valence-corrected chi connectivity index (χ2v) is 3.64. The molecule has 0 unspecified atom stereocenters. The highest BCUT2D eigenvalue weighted by Crippen LogP contribution is 2.29. The first kappa shape index (κ1) is 10.5. The fraction of sp³-hybridized carbons (Fsp3) is 0.400. The van der Waals surface area contributed by atoms with Crippen molar-refractivity contribution in [2.45, 2.75) is 26.2 Å². The highest BCUT2D eigenvalue weighted by atomic mass is 35.5. The van der Waals surface area contributed by atoms with Gasteiger partial charge in [-0.1, -0.05) is 31.5 Å². The molecular formula is C10H11ClF2. The molecule has 0 atom stereocenters. The quantitative estimate of drug-likeness (QED) is 0.670. The molecule has 0 aliphatic rings. The van der Waals surface area contributed by atoms with Crippen LogP contribution in [0.2, 0.25) is 5.02 Å². The summed E-state index contributed by atoms with van der Waals surface area (Å²) in [7, 11) is 0. The maximum absolute atomic E-state index is 12.4. The Morgan fingerprint density at radius 1 is 1.23 bits per heavy atom. The van der Waals surface area contributed by atoms with Crippen molar-refractivity contribution in [1.82, 2.24) is 0 Å². The Balaban J connectivity index is 3.11. The van der Waals surface area contributed by atoms with Crippen molar-refractivity contribution in [2.24, 2.45) is 0 Å². The van der Waals surface area contributed by atoms with Gasteiger partial charge in [0.25, 0.3) is 6.43 Å². The minimum Gasteiger partial charge on any atom is -0.205 e. The standard InChI is InChI=1S/C10H11ClF2/c1-6(2)7-3-4-9(11)8(5-7)10(12)13/h3-6,10H,1-2H3. The van der Waals surface area contributed by atoms with Crippen LogP contribution in [0.3, 0.4) is 0 Å². The molecule has 0 bridgehead atoms. The monoisotopic (exact) mass is 204 g/mol. The average molecular weight is 205 g/mol. The molecule has 0 saturated carbocycles. The Hall–Kier alpha value is -0.630. The number of alkyl halides is 2. The highest BCUT2D eigenvalue weighted by molar-refractivity contribution is 6.31. The molecule has 0 nitrogen and oxygen atoms in total. The van der Waals surface area contributed by atoms with Gasteiger partial charge in [0.05, 0.1) is 0 Å². The molecule has 0 radical (unpaired) electrons. The number of hydrogen-bond acceptors (Lipinski definition) is 0. The van der Waals surface area contributed by atoms with Gasteiger partial charge in [-0.3, -0.25) is 0 Å². The van der Waals surface area contributed by atoms with E-state index in [0.29, 0.717) is 0 Å². The number of rotatable bonds is 2. The van der Waals surface area contributed by atoms with Crippen molar-refractivity contribution >= 4 is 11.6 Å². The van der Waals surface area contributed by atoms with E-state index in [2.05, 4.69) is 0 Å². The van der Waals surface area contributed by atoms with Gasteiger partial charge in [0.2, 0.25) is 0 Å². The van der Waals surface area contributed by atoms with E-state index >= 15 is 0 Å². The molecule has 1 aromatic carbocycles. The molecule has 1 aromatic rings. The summed E-state index contributed by atoms with van der Waals surface area (Å²) in [6.45, 7) is 3.91. The lowest BCUT2D eigenvalue weighted by atomic mass is 10.0. The van der Waals surface area contributed by atoms with Gasteiger partial charge >= 0.3 is 0 Å². The van der Waals surface area contributed by atoms with Crippen molar-refractivity contribution < 1.29 is 8.78 Å². The molecular weight excluding hydrogens is 194 g/mol. The zero-order valence-electron chi connectivity index (χ0n) is 7.52. The molecule has 1 rings (SSSR count). The highest BCUT2D eigenvalue weighted by Gasteiger charge is 2.13. The zero-order valence-corrected chi connectivity index (χ0v) is 8.28. The summed E-state index contributed by atoms with van der Waals surface area (Å²) in [4.78, 5) is 0. The summed E-state index contributed by atoms with van der Waals surface area (Å²) in [5, 5.41) is 0.138. The Kier molecular flexibility index (Phi) is 3.26. The topological polar surface area (TPSA) is 0 Å². The van der Waals surface area contributed by atoms with E-state index in [0.717, 1.165) is 5.56 Å². The van der Waals surface area contributed by atoms with E-state index in [1.54, 1.807) is 6.07 Å². The third-order valence-corrected chi connectivity index (χ3v) is 2.27. The van der Waals surface area contributed by atoms with Crippen LogP contribution in [-0.4, -0.2) is 0 Å². The lowest BCUT2D eigenvalue weighted by Crippen LogP contribution is -1.92. The first-order chi connectivity index (χ1) is 6.02. The predicted octanol–water partition coefficient (Wildman–Crippen LogP) is 4.40. The van der Waals surface area contributed by atoms with Gasteiger partial charge in [-0.05, 0) is 23.6 Å². The molecule has 0 fully saturated rings. The largest absolute Gasteiger partial charge is 0.265 e. The van der Waals surface area contributed by atoms with Crippen molar-refractivity contribution in [3.05, 3.63) is 34.3 Å². The van der Waals surface area contributed by atoms with E-state index < -0.39 is 6.43 Å². The van der Waals surface area contributed by atoms with Gasteiger partial charge in [0, 0.05) is 10.6 Å². The summed E-state index contributed by atoms with van der Waals surface area (Å²) in [6, 6.07) is 4.77. The van der Waals surface area contributed by atoms with Gasteiger partial charge in [-0.15, -0.1) is 0 Å².